The van der Waals surface area contributed by atoms with Crippen LogP contribution >= 0.6 is 0 Å². The standard InChI is InChI=1S/C13H16N2O5/c1-20-10-4-5-11(15(18)19)12(8-10)14(9-2-3-9)7-6-13(16)17/h4-5,8-9H,2-3,6-7H2,1H3,(H,16,17). The fourth-order valence-corrected chi connectivity index (χ4v) is 2.12. The summed E-state index contributed by atoms with van der Waals surface area (Å²) in [6.07, 6.45) is 1.80. The molecule has 0 atom stereocenters. The van der Waals surface area contributed by atoms with Gasteiger partial charge in [0.2, 0.25) is 0 Å². The summed E-state index contributed by atoms with van der Waals surface area (Å²) in [5, 5.41) is 19.9. The number of anilines is 1. The highest BCUT2D eigenvalue weighted by atomic mass is 16.6. The van der Waals surface area contributed by atoms with Crippen LogP contribution in [0.25, 0.3) is 0 Å². The molecular formula is C13H16N2O5. The van der Waals surface area contributed by atoms with Crippen molar-refractivity contribution in [1.82, 2.24) is 0 Å². The van der Waals surface area contributed by atoms with Crippen LogP contribution in [0, 0.1) is 10.1 Å². The SMILES string of the molecule is COc1ccc([N+](=O)[O-])c(N(CCC(=O)O)C2CC2)c1. The summed E-state index contributed by atoms with van der Waals surface area (Å²) in [6, 6.07) is 4.70. The van der Waals surface area contributed by atoms with E-state index in [0.29, 0.717) is 11.4 Å². The summed E-state index contributed by atoms with van der Waals surface area (Å²) in [6.45, 7) is 0.258. The average Bonchev–Trinajstić information content (AvgIpc) is 3.22. The smallest absolute Gasteiger partial charge is 0.305 e. The van der Waals surface area contributed by atoms with Gasteiger partial charge in [-0.15, -0.1) is 0 Å². The number of aliphatic carboxylic acids is 1. The van der Waals surface area contributed by atoms with Crippen LogP contribution < -0.4 is 9.64 Å². The topological polar surface area (TPSA) is 92.9 Å². The van der Waals surface area contributed by atoms with E-state index in [1.807, 2.05) is 0 Å². The maximum Gasteiger partial charge on any atom is 0.305 e. The summed E-state index contributed by atoms with van der Waals surface area (Å²) in [7, 11) is 1.49. The number of nitrogens with zero attached hydrogens (tertiary/aromatic N) is 2. The Kier molecular flexibility index (Phi) is 4.07. The number of nitro groups is 1. The Labute approximate surface area is 115 Å². The lowest BCUT2D eigenvalue weighted by molar-refractivity contribution is -0.384. The molecule has 0 aliphatic heterocycles. The zero-order valence-corrected chi connectivity index (χ0v) is 11.1. The number of carboxylic acids is 1. The van der Waals surface area contributed by atoms with Crippen molar-refractivity contribution in [3.63, 3.8) is 0 Å². The molecule has 1 aromatic carbocycles. The summed E-state index contributed by atoms with van der Waals surface area (Å²) in [5.41, 5.74) is 0.404. The Morgan fingerprint density at radius 1 is 1.55 bits per heavy atom. The lowest BCUT2D eigenvalue weighted by Gasteiger charge is -2.24. The monoisotopic (exact) mass is 280 g/mol. The van der Waals surface area contributed by atoms with Gasteiger partial charge in [0.15, 0.2) is 0 Å². The molecule has 20 heavy (non-hydrogen) atoms. The van der Waals surface area contributed by atoms with Crippen LogP contribution in [0.4, 0.5) is 11.4 Å². The lowest BCUT2D eigenvalue weighted by atomic mass is 10.2. The van der Waals surface area contributed by atoms with Crippen molar-refractivity contribution in [2.75, 3.05) is 18.6 Å². The average molecular weight is 280 g/mol. The summed E-state index contributed by atoms with van der Waals surface area (Å²) in [4.78, 5) is 23.2. The predicted octanol–water partition coefficient (Wildman–Crippen LogP) is 2.05. The van der Waals surface area contributed by atoms with Crippen molar-refractivity contribution < 1.29 is 19.6 Å². The number of carboxylic acid groups (broad SMARTS) is 1. The Balaban J connectivity index is 2.34. The van der Waals surface area contributed by atoms with E-state index in [2.05, 4.69) is 0 Å². The fourth-order valence-electron chi connectivity index (χ4n) is 2.12. The highest BCUT2D eigenvalue weighted by molar-refractivity contribution is 5.70. The molecule has 0 radical (unpaired) electrons. The first kappa shape index (κ1) is 14.1. The number of benzene rings is 1. The number of hydrogen-bond donors (Lipinski definition) is 1. The third kappa shape index (κ3) is 3.17. The third-order valence-electron chi connectivity index (χ3n) is 3.24. The molecule has 0 unspecified atom stereocenters. The Hall–Kier alpha value is -2.31. The van der Waals surface area contributed by atoms with Crippen molar-refractivity contribution in [3.05, 3.63) is 28.3 Å². The molecule has 2 rings (SSSR count). The van der Waals surface area contributed by atoms with Crippen LogP contribution in [0.1, 0.15) is 19.3 Å². The van der Waals surface area contributed by atoms with Crippen molar-refractivity contribution in [1.29, 1.82) is 0 Å². The van der Waals surface area contributed by atoms with Crippen LogP contribution in [0.15, 0.2) is 18.2 Å². The van der Waals surface area contributed by atoms with Gasteiger partial charge in [-0.05, 0) is 18.9 Å². The van der Waals surface area contributed by atoms with Crippen molar-refractivity contribution in [2.24, 2.45) is 0 Å². The molecule has 1 aliphatic rings. The highest BCUT2D eigenvalue weighted by Crippen LogP contribution is 2.38. The second-order valence-electron chi connectivity index (χ2n) is 4.68. The maximum absolute atomic E-state index is 11.1. The number of nitro benzene ring substituents is 1. The molecule has 1 aliphatic carbocycles. The molecule has 0 spiro atoms. The maximum atomic E-state index is 11.1. The molecule has 0 aromatic heterocycles. The van der Waals surface area contributed by atoms with Gasteiger partial charge in [-0.2, -0.15) is 0 Å². The molecule has 0 bridgehead atoms. The molecule has 7 heteroatoms. The summed E-state index contributed by atoms with van der Waals surface area (Å²) >= 11 is 0. The van der Waals surface area contributed by atoms with Gasteiger partial charge in [0, 0.05) is 24.7 Å². The normalized spacial score (nSPS) is 13.8. The molecule has 0 saturated heterocycles. The van der Waals surface area contributed by atoms with Gasteiger partial charge >= 0.3 is 5.97 Å². The van der Waals surface area contributed by atoms with Gasteiger partial charge in [0.25, 0.3) is 5.69 Å². The van der Waals surface area contributed by atoms with Crippen molar-refractivity contribution >= 4 is 17.3 Å². The van der Waals surface area contributed by atoms with E-state index >= 15 is 0 Å². The van der Waals surface area contributed by atoms with Gasteiger partial charge < -0.3 is 14.7 Å². The Morgan fingerprint density at radius 3 is 2.75 bits per heavy atom. The van der Waals surface area contributed by atoms with Crippen LogP contribution in [0.5, 0.6) is 5.75 Å². The van der Waals surface area contributed by atoms with Crippen molar-refractivity contribution in [3.8, 4) is 5.75 Å². The van der Waals surface area contributed by atoms with E-state index in [1.165, 1.54) is 19.2 Å². The number of ether oxygens (including phenoxy) is 1. The number of hydrogen-bond acceptors (Lipinski definition) is 5. The minimum atomic E-state index is -0.916. The van der Waals surface area contributed by atoms with E-state index in [0.717, 1.165) is 12.8 Å². The molecule has 0 amide bonds. The molecule has 1 N–H and O–H groups in total. The molecule has 1 fully saturated rings. The summed E-state index contributed by atoms with van der Waals surface area (Å²) in [5.74, 6) is -0.396. The zero-order chi connectivity index (χ0) is 14.7. The van der Waals surface area contributed by atoms with E-state index in [9.17, 15) is 14.9 Å². The van der Waals surface area contributed by atoms with E-state index in [-0.39, 0.29) is 24.7 Å². The van der Waals surface area contributed by atoms with Crippen LogP contribution in [-0.4, -0.2) is 35.7 Å². The van der Waals surface area contributed by atoms with Gasteiger partial charge in [0.1, 0.15) is 11.4 Å². The predicted molar refractivity (Wildman–Crippen MR) is 72.3 cm³/mol. The first-order chi connectivity index (χ1) is 9.52. The first-order valence-electron chi connectivity index (χ1n) is 6.33. The fraction of sp³-hybridized carbons (Fsp3) is 0.462. The quantitative estimate of drug-likeness (QED) is 0.607. The third-order valence-corrected chi connectivity index (χ3v) is 3.24. The zero-order valence-electron chi connectivity index (χ0n) is 11.1. The van der Waals surface area contributed by atoms with E-state index < -0.39 is 10.9 Å². The minimum absolute atomic E-state index is 0.0249. The molecule has 7 nitrogen and oxygen atoms in total. The van der Waals surface area contributed by atoms with Gasteiger partial charge in [-0.1, -0.05) is 0 Å². The molecule has 1 saturated carbocycles. The minimum Gasteiger partial charge on any atom is -0.497 e. The van der Waals surface area contributed by atoms with Crippen molar-refractivity contribution in [2.45, 2.75) is 25.3 Å². The van der Waals surface area contributed by atoms with Gasteiger partial charge in [-0.25, -0.2) is 0 Å². The first-order valence-corrected chi connectivity index (χ1v) is 6.33. The van der Waals surface area contributed by atoms with Crippen LogP contribution in [-0.2, 0) is 4.79 Å². The summed E-state index contributed by atoms with van der Waals surface area (Å²) < 4.78 is 5.10. The van der Waals surface area contributed by atoms with Gasteiger partial charge in [-0.3, -0.25) is 14.9 Å². The van der Waals surface area contributed by atoms with Gasteiger partial charge in [0.05, 0.1) is 18.5 Å². The number of rotatable bonds is 7. The number of methoxy groups -OCH3 is 1. The van der Waals surface area contributed by atoms with Crippen LogP contribution in [0.3, 0.4) is 0 Å². The largest absolute Gasteiger partial charge is 0.497 e. The second kappa shape index (κ2) is 5.77. The number of carbonyl (C=O) groups is 1. The molecule has 1 aromatic rings. The Bertz CT molecular complexity index is 527. The van der Waals surface area contributed by atoms with Crippen LogP contribution in [0.2, 0.25) is 0 Å². The van der Waals surface area contributed by atoms with E-state index in [4.69, 9.17) is 9.84 Å². The molecular weight excluding hydrogens is 264 g/mol. The lowest BCUT2D eigenvalue weighted by Crippen LogP contribution is -2.29. The highest BCUT2D eigenvalue weighted by Gasteiger charge is 2.33. The molecule has 108 valence electrons. The Morgan fingerprint density at radius 2 is 2.25 bits per heavy atom. The molecule has 0 heterocycles. The second-order valence-corrected chi connectivity index (χ2v) is 4.68. The van der Waals surface area contributed by atoms with E-state index in [1.54, 1.807) is 11.0 Å².